The van der Waals surface area contributed by atoms with Gasteiger partial charge in [0.15, 0.2) is 11.6 Å². The third-order valence-corrected chi connectivity index (χ3v) is 3.44. The van der Waals surface area contributed by atoms with Gasteiger partial charge in [-0.25, -0.2) is 8.78 Å². The molecule has 1 aromatic carbocycles. The summed E-state index contributed by atoms with van der Waals surface area (Å²) in [5.41, 5.74) is -0.295. The standard InChI is InChI=1S/C14H18F2N2O2/c15-12-5-1-4-11(13(12)16)14(20)18(7-8-19)9-10-3-2-6-17-10/h1,4-5,10,17,19H,2-3,6-9H2. The highest BCUT2D eigenvalue weighted by atomic mass is 19.2. The Kier molecular flexibility index (Phi) is 5.03. The zero-order chi connectivity index (χ0) is 14.5. The molecule has 2 rings (SSSR count). The summed E-state index contributed by atoms with van der Waals surface area (Å²) in [5.74, 6) is -2.77. The van der Waals surface area contributed by atoms with Crippen LogP contribution in [0, 0.1) is 11.6 Å². The summed E-state index contributed by atoms with van der Waals surface area (Å²) in [4.78, 5) is 13.6. The van der Waals surface area contributed by atoms with Crippen LogP contribution in [0.25, 0.3) is 0 Å². The van der Waals surface area contributed by atoms with E-state index in [0.717, 1.165) is 25.5 Å². The molecule has 0 radical (unpaired) electrons. The largest absolute Gasteiger partial charge is 0.395 e. The lowest BCUT2D eigenvalue weighted by Gasteiger charge is -2.25. The number of hydrogen-bond acceptors (Lipinski definition) is 3. The first-order valence-corrected chi connectivity index (χ1v) is 6.71. The molecule has 0 bridgehead atoms. The molecule has 2 N–H and O–H groups in total. The minimum atomic E-state index is -1.14. The van der Waals surface area contributed by atoms with Crippen LogP contribution >= 0.6 is 0 Å². The maximum Gasteiger partial charge on any atom is 0.257 e. The maximum absolute atomic E-state index is 13.7. The second kappa shape index (κ2) is 6.76. The number of carbonyl (C=O) groups is 1. The second-order valence-corrected chi connectivity index (χ2v) is 4.87. The Morgan fingerprint density at radius 3 is 2.90 bits per heavy atom. The van der Waals surface area contributed by atoms with Gasteiger partial charge in [-0.2, -0.15) is 0 Å². The molecule has 1 amide bonds. The highest BCUT2D eigenvalue weighted by molar-refractivity contribution is 5.94. The monoisotopic (exact) mass is 284 g/mol. The Bertz CT molecular complexity index is 476. The average molecular weight is 284 g/mol. The number of amides is 1. The molecular formula is C14H18F2N2O2. The van der Waals surface area contributed by atoms with Gasteiger partial charge in [0, 0.05) is 19.1 Å². The third kappa shape index (κ3) is 3.32. The van der Waals surface area contributed by atoms with Crippen molar-refractivity contribution in [3.8, 4) is 0 Å². The van der Waals surface area contributed by atoms with Crippen LogP contribution in [0.15, 0.2) is 18.2 Å². The highest BCUT2D eigenvalue weighted by Crippen LogP contribution is 2.15. The Morgan fingerprint density at radius 2 is 2.25 bits per heavy atom. The first-order valence-electron chi connectivity index (χ1n) is 6.71. The Morgan fingerprint density at radius 1 is 1.45 bits per heavy atom. The minimum Gasteiger partial charge on any atom is -0.395 e. The topological polar surface area (TPSA) is 52.6 Å². The summed E-state index contributed by atoms with van der Waals surface area (Å²) in [6, 6.07) is 3.67. The molecule has 0 saturated carbocycles. The van der Waals surface area contributed by atoms with Crippen LogP contribution in [0.3, 0.4) is 0 Å². The van der Waals surface area contributed by atoms with Crippen LogP contribution in [0.2, 0.25) is 0 Å². The van der Waals surface area contributed by atoms with Gasteiger partial charge in [-0.05, 0) is 31.5 Å². The van der Waals surface area contributed by atoms with Crippen molar-refractivity contribution in [1.29, 1.82) is 0 Å². The van der Waals surface area contributed by atoms with Gasteiger partial charge in [-0.3, -0.25) is 4.79 Å². The highest BCUT2D eigenvalue weighted by Gasteiger charge is 2.24. The fourth-order valence-corrected chi connectivity index (χ4v) is 2.41. The molecule has 1 aliphatic rings. The van der Waals surface area contributed by atoms with Gasteiger partial charge < -0.3 is 15.3 Å². The van der Waals surface area contributed by atoms with E-state index < -0.39 is 17.5 Å². The van der Waals surface area contributed by atoms with E-state index in [1.54, 1.807) is 0 Å². The number of aliphatic hydroxyl groups is 1. The smallest absolute Gasteiger partial charge is 0.257 e. The van der Waals surface area contributed by atoms with E-state index in [9.17, 15) is 13.6 Å². The van der Waals surface area contributed by atoms with Crippen molar-refractivity contribution < 1.29 is 18.7 Å². The molecule has 0 aromatic heterocycles. The predicted molar refractivity (Wildman–Crippen MR) is 70.4 cm³/mol. The normalized spacial score (nSPS) is 18.2. The summed E-state index contributed by atoms with van der Waals surface area (Å²) in [6.07, 6.45) is 1.96. The quantitative estimate of drug-likeness (QED) is 0.853. The molecule has 4 nitrogen and oxygen atoms in total. The number of nitrogens with one attached hydrogen (secondary N) is 1. The van der Waals surface area contributed by atoms with Gasteiger partial charge in [-0.15, -0.1) is 0 Å². The van der Waals surface area contributed by atoms with Gasteiger partial charge in [0.2, 0.25) is 0 Å². The van der Waals surface area contributed by atoms with Crippen LogP contribution in [0.1, 0.15) is 23.2 Å². The number of halogens is 2. The van der Waals surface area contributed by atoms with Crippen LogP contribution in [-0.2, 0) is 0 Å². The predicted octanol–water partition coefficient (Wildman–Crippen LogP) is 1.15. The van der Waals surface area contributed by atoms with E-state index >= 15 is 0 Å². The molecule has 1 fully saturated rings. The SMILES string of the molecule is O=C(c1cccc(F)c1F)N(CCO)CC1CCCN1. The van der Waals surface area contributed by atoms with E-state index in [2.05, 4.69) is 5.32 Å². The fraction of sp³-hybridized carbons (Fsp3) is 0.500. The lowest BCUT2D eigenvalue weighted by Crippen LogP contribution is -2.42. The van der Waals surface area contributed by atoms with E-state index in [-0.39, 0.29) is 24.8 Å². The summed E-state index contributed by atoms with van der Waals surface area (Å²) in [7, 11) is 0. The Labute approximate surface area is 116 Å². The van der Waals surface area contributed by atoms with Crippen molar-refractivity contribution in [1.82, 2.24) is 10.2 Å². The molecule has 6 heteroatoms. The molecule has 1 saturated heterocycles. The van der Waals surface area contributed by atoms with Crippen LogP contribution in [0.4, 0.5) is 8.78 Å². The van der Waals surface area contributed by atoms with Crippen molar-refractivity contribution in [2.45, 2.75) is 18.9 Å². The van der Waals surface area contributed by atoms with Crippen LogP contribution < -0.4 is 5.32 Å². The van der Waals surface area contributed by atoms with Crippen molar-refractivity contribution in [3.63, 3.8) is 0 Å². The van der Waals surface area contributed by atoms with Crippen LogP contribution in [0.5, 0.6) is 0 Å². The molecule has 1 unspecified atom stereocenters. The van der Waals surface area contributed by atoms with Gasteiger partial charge in [0.25, 0.3) is 5.91 Å². The molecule has 1 aromatic rings. The zero-order valence-corrected chi connectivity index (χ0v) is 11.1. The summed E-state index contributed by atoms with van der Waals surface area (Å²) in [6.45, 7) is 1.16. The van der Waals surface area contributed by atoms with E-state index in [1.807, 2.05) is 0 Å². The molecule has 20 heavy (non-hydrogen) atoms. The van der Waals surface area contributed by atoms with Gasteiger partial charge in [0.1, 0.15) is 0 Å². The van der Waals surface area contributed by atoms with Gasteiger partial charge >= 0.3 is 0 Å². The van der Waals surface area contributed by atoms with Crippen molar-refractivity contribution in [2.75, 3.05) is 26.2 Å². The number of benzene rings is 1. The van der Waals surface area contributed by atoms with E-state index in [1.165, 1.54) is 17.0 Å². The zero-order valence-electron chi connectivity index (χ0n) is 11.1. The Hall–Kier alpha value is -1.53. The van der Waals surface area contributed by atoms with Crippen LogP contribution in [-0.4, -0.2) is 48.2 Å². The molecule has 0 aliphatic carbocycles. The average Bonchev–Trinajstić information content (AvgIpc) is 2.94. The van der Waals surface area contributed by atoms with Crippen molar-refractivity contribution in [2.24, 2.45) is 0 Å². The second-order valence-electron chi connectivity index (χ2n) is 4.87. The third-order valence-electron chi connectivity index (χ3n) is 3.44. The molecular weight excluding hydrogens is 266 g/mol. The molecule has 1 heterocycles. The maximum atomic E-state index is 13.7. The first-order chi connectivity index (χ1) is 9.63. The number of aliphatic hydroxyl groups excluding tert-OH is 1. The summed E-state index contributed by atoms with van der Waals surface area (Å²) in [5, 5.41) is 12.3. The van der Waals surface area contributed by atoms with Crippen molar-refractivity contribution in [3.05, 3.63) is 35.4 Å². The summed E-state index contributed by atoms with van der Waals surface area (Å²) >= 11 is 0. The van der Waals surface area contributed by atoms with E-state index in [0.29, 0.717) is 6.54 Å². The first kappa shape index (κ1) is 14.9. The number of carbonyl (C=O) groups excluding carboxylic acids is 1. The Balaban J connectivity index is 2.14. The number of hydrogen-bond donors (Lipinski definition) is 2. The lowest BCUT2D eigenvalue weighted by atomic mass is 10.1. The lowest BCUT2D eigenvalue weighted by molar-refractivity contribution is 0.0700. The molecule has 1 atom stereocenters. The summed E-state index contributed by atoms with van der Waals surface area (Å²) < 4.78 is 26.9. The molecule has 110 valence electrons. The van der Waals surface area contributed by atoms with Crippen molar-refractivity contribution >= 4 is 5.91 Å². The molecule has 0 spiro atoms. The number of rotatable bonds is 5. The van der Waals surface area contributed by atoms with Gasteiger partial charge in [0.05, 0.1) is 12.2 Å². The number of nitrogens with zero attached hydrogens (tertiary/aromatic N) is 1. The molecule has 1 aliphatic heterocycles. The fourth-order valence-electron chi connectivity index (χ4n) is 2.41. The van der Waals surface area contributed by atoms with Gasteiger partial charge in [-0.1, -0.05) is 6.07 Å². The minimum absolute atomic E-state index is 0.104. The van der Waals surface area contributed by atoms with E-state index in [4.69, 9.17) is 5.11 Å².